The molecule has 2 atom stereocenters. The summed E-state index contributed by atoms with van der Waals surface area (Å²) in [4.78, 5) is 2.36. The van der Waals surface area contributed by atoms with E-state index in [1.807, 2.05) is 0 Å². The molecular formula is C18H27N. The van der Waals surface area contributed by atoms with Crippen molar-refractivity contribution in [3.8, 4) is 0 Å². The van der Waals surface area contributed by atoms with Crippen molar-refractivity contribution in [2.45, 2.75) is 50.4 Å². The molecule has 3 rings (SSSR count). The monoisotopic (exact) mass is 257 g/mol. The molecule has 104 valence electrons. The Balaban J connectivity index is 1.98. The summed E-state index contributed by atoms with van der Waals surface area (Å²) in [6.45, 7) is 1.23. The second kappa shape index (κ2) is 5.28. The van der Waals surface area contributed by atoms with Crippen LogP contribution in [0.25, 0.3) is 0 Å². The van der Waals surface area contributed by atoms with E-state index in [2.05, 4.69) is 43.3 Å². The summed E-state index contributed by atoms with van der Waals surface area (Å²) < 4.78 is 0. The van der Waals surface area contributed by atoms with E-state index in [1.54, 1.807) is 11.1 Å². The van der Waals surface area contributed by atoms with Crippen molar-refractivity contribution < 1.29 is 0 Å². The Labute approximate surface area is 118 Å². The van der Waals surface area contributed by atoms with E-state index in [0.717, 1.165) is 5.92 Å². The highest BCUT2D eigenvalue weighted by Crippen LogP contribution is 2.52. The predicted octanol–water partition coefficient (Wildman–Crippen LogP) is 4.01. The maximum Gasteiger partial charge on any atom is -0.000379 e. The first-order chi connectivity index (χ1) is 9.22. The molecule has 1 nitrogen and oxygen atoms in total. The number of benzene rings is 1. The van der Waals surface area contributed by atoms with Crippen LogP contribution in [0.1, 0.15) is 49.7 Å². The van der Waals surface area contributed by atoms with Crippen LogP contribution in [0.2, 0.25) is 0 Å². The summed E-state index contributed by atoms with van der Waals surface area (Å²) in [6.07, 6.45) is 9.84. The Morgan fingerprint density at radius 2 is 2.00 bits per heavy atom. The molecule has 2 aliphatic carbocycles. The lowest BCUT2D eigenvalue weighted by Crippen LogP contribution is -2.43. The lowest BCUT2D eigenvalue weighted by molar-refractivity contribution is 0.136. The summed E-state index contributed by atoms with van der Waals surface area (Å²) in [5, 5.41) is 0. The van der Waals surface area contributed by atoms with Crippen LogP contribution in [0.3, 0.4) is 0 Å². The van der Waals surface area contributed by atoms with E-state index >= 15 is 0 Å². The Bertz CT molecular complexity index is 437. The van der Waals surface area contributed by atoms with Gasteiger partial charge in [0.15, 0.2) is 0 Å². The van der Waals surface area contributed by atoms with Crippen molar-refractivity contribution >= 4 is 0 Å². The molecule has 0 spiro atoms. The van der Waals surface area contributed by atoms with Gasteiger partial charge < -0.3 is 4.90 Å². The van der Waals surface area contributed by atoms with Crippen LogP contribution in [-0.2, 0) is 11.8 Å². The number of aryl methyl sites for hydroxylation is 1. The SMILES string of the molecule is CN(C)CC[C@]12CCCC[C@@H]1CCc1ccccc12. The highest BCUT2D eigenvalue weighted by Gasteiger charge is 2.44. The van der Waals surface area contributed by atoms with Crippen LogP contribution >= 0.6 is 0 Å². The summed E-state index contributed by atoms with van der Waals surface area (Å²) in [5.74, 6) is 0.941. The van der Waals surface area contributed by atoms with Gasteiger partial charge in [-0.3, -0.25) is 0 Å². The third-order valence-electron chi connectivity index (χ3n) is 5.53. The van der Waals surface area contributed by atoms with E-state index in [0.29, 0.717) is 5.41 Å². The van der Waals surface area contributed by atoms with E-state index in [4.69, 9.17) is 0 Å². The molecular weight excluding hydrogens is 230 g/mol. The molecule has 0 unspecified atom stereocenters. The molecule has 1 fully saturated rings. The summed E-state index contributed by atoms with van der Waals surface area (Å²) >= 11 is 0. The predicted molar refractivity (Wildman–Crippen MR) is 81.6 cm³/mol. The molecule has 0 aromatic heterocycles. The molecule has 0 bridgehead atoms. The van der Waals surface area contributed by atoms with Crippen molar-refractivity contribution in [2.24, 2.45) is 5.92 Å². The lowest BCUT2D eigenvalue weighted by Gasteiger charge is -2.49. The van der Waals surface area contributed by atoms with Gasteiger partial charge in [-0.25, -0.2) is 0 Å². The fraction of sp³-hybridized carbons (Fsp3) is 0.667. The number of fused-ring (bicyclic) bond motifs is 3. The third-order valence-corrected chi connectivity index (χ3v) is 5.53. The van der Waals surface area contributed by atoms with Crippen LogP contribution < -0.4 is 0 Å². The van der Waals surface area contributed by atoms with Crippen LogP contribution in [0.15, 0.2) is 24.3 Å². The molecule has 19 heavy (non-hydrogen) atoms. The Hall–Kier alpha value is -0.820. The molecule has 0 heterocycles. The van der Waals surface area contributed by atoms with Gasteiger partial charge in [-0.05, 0) is 75.2 Å². The first-order valence-corrected chi connectivity index (χ1v) is 7.95. The topological polar surface area (TPSA) is 3.24 Å². The normalized spacial score (nSPS) is 29.9. The molecule has 1 heteroatoms. The van der Waals surface area contributed by atoms with Crippen molar-refractivity contribution in [3.63, 3.8) is 0 Å². The molecule has 0 saturated heterocycles. The molecule has 1 saturated carbocycles. The lowest BCUT2D eigenvalue weighted by atomic mass is 9.56. The number of rotatable bonds is 3. The third kappa shape index (κ3) is 2.33. The van der Waals surface area contributed by atoms with Gasteiger partial charge in [0, 0.05) is 0 Å². The van der Waals surface area contributed by atoms with Gasteiger partial charge in [-0.2, -0.15) is 0 Å². The Morgan fingerprint density at radius 3 is 2.84 bits per heavy atom. The van der Waals surface area contributed by atoms with Crippen molar-refractivity contribution in [1.29, 1.82) is 0 Å². The van der Waals surface area contributed by atoms with Crippen LogP contribution in [0.5, 0.6) is 0 Å². The smallest absolute Gasteiger partial charge is 0.000379 e. The van der Waals surface area contributed by atoms with E-state index in [9.17, 15) is 0 Å². The van der Waals surface area contributed by atoms with Gasteiger partial charge in [0.1, 0.15) is 0 Å². The van der Waals surface area contributed by atoms with Crippen LogP contribution in [0.4, 0.5) is 0 Å². The Morgan fingerprint density at radius 1 is 1.16 bits per heavy atom. The van der Waals surface area contributed by atoms with E-state index in [1.165, 1.54) is 51.5 Å². The number of hydrogen-bond acceptors (Lipinski definition) is 1. The summed E-state index contributed by atoms with van der Waals surface area (Å²) in [6, 6.07) is 9.29. The molecule has 1 aromatic carbocycles. The Kier molecular flexibility index (Phi) is 3.66. The fourth-order valence-corrected chi connectivity index (χ4v) is 4.53. The maximum absolute atomic E-state index is 2.43. The maximum atomic E-state index is 2.43. The zero-order chi connectivity index (χ0) is 13.3. The average Bonchev–Trinajstić information content (AvgIpc) is 2.45. The number of nitrogens with zero attached hydrogens (tertiary/aromatic N) is 1. The van der Waals surface area contributed by atoms with Gasteiger partial charge in [0.05, 0.1) is 0 Å². The van der Waals surface area contributed by atoms with Crippen molar-refractivity contribution in [3.05, 3.63) is 35.4 Å². The van der Waals surface area contributed by atoms with E-state index < -0.39 is 0 Å². The van der Waals surface area contributed by atoms with Gasteiger partial charge >= 0.3 is 0 Å². The second-order valence-corrected chi connectivity index (χ2v) is 6.85. The van der Waals surface area contributed by atoms with Crippen LogP contribution in [0, 0.1) is 5.92 Å². The molecule has 2 aliphatic rings. The second-order valence-electron chi connectivity index (χ2n) is 6.85. The largest absolute Gasteiger partial charge is 0.309 e. The highest BCUT2D eigenvalue weighted by atomic mass is 15.0. The zero-order valence-electron chi connectivity index (χ0n) is 12.5. The minimum atomic E-state index is 0.497. The fourth-order valence-electron chi connectivity index (χ4n) is 4.53. The first-order valence-electron chi connectivity index (χ1n) is 7.95. The molecule has 0 N–H and O–H groups in total. The van der Waals surface area contributed by atoms with Gasteiger partial charge in [0.2, 0.25) is 0 Å². The zero-order valence-corrected chi connectivity index (χ0v) is 12.5. The van der Waals surface area contributed by atoms with Crippen LogP contribution in [-0.4, -0.2) is 25.5 Å². The van der Waals surface area contributed by atoms with E-state index in [-0.39, 0.29) is 0 Å². The summed E-state index contributed by atoms with van der Waals surface area (Å²) in [7, 11) is 4.42. The quantitative estimate of drug-likeness (QED) is 0.790. The summed E-state index contributed by atoms with van der Waals surface area (Å²) in [5.41, 5.74) is 3.84. The average molecular weight is 257 g/mol. The molecule has 0 aliphatic heterocycles. The molecule has 0 radical (unpaired) electrons. The van der Waals surface area contributed by atoms with Gasteiger partial charge in [-0.15, -0.1) is 0 Å². The van der Waals surface area contributed by atoms with Gasteiger partial charge in [0.25, 0.3) is 0 Å². The minimum Gasteiger partial charge on any atom is -0.309 e. The first kappa shape index (κ1) is 13.2. The molecule has 1 aromatic rings. The standard InChI is InChI=1S/C18H27N/c1-19(2)14-13-18-12-6-5-8-16(18)11-10-15-7-3-4-9-17(15)18/h3-4,7,9,16H,5-6,8,10-14H2,1-2H3/t16-,18-/m1/s1. The van der Waals surface area contributed by atoms with Crippen molar-refractivity contribution in [1.82, 2.24) is 4.90 Å². The minimum absolute atomic E-state index is 0.497. The molecule has 0 amide bonds. The van der Waals surface area contributed by atoms with Gasteiger partial charge in [-0.1, -0.05) is 37.1 Å². The number of hydrogen-bond donors (Lipinski definition) is 0. The van der Waals surface area contributed by atoms with Crippen molar-refractivity contribution in [2.75, 3.05) is 20.6 Å². The highest BCUT2D eigenvalue weighted by molar-refractivity contribution is 5.38.